The predicted molar refractivity (Wildman–Crippen MR) is 156 cm³/mol. The van der Waals surface area contributed by atoms with Gasteiger partial charge in [0.1, 0.15) is 0 Å². The summed E-state index contributed by atoms with van der Waals surface area (Å²) in [7, 11) is -1.74. The van der Waals surface area contributed by atoms with Gasteiger partial charge in [0.15, 0.2) is 0 Å². The number of amides is 1. The van der Waals surface area contributed by atoms with Gasteiger partial charge in [-0.1, -0.05) is 67.4 Å². The number of carbonyl (C=O) groups is 1. The van der Waals surface area contributed by atoms with Crippen LogP contribution in [0.25, 0.3) is 0 Å². The van der Waals surface area contributed by atoms with E-state index in [-0.39, 0.29) is 35.7 Å². The van der Waals surface area contributed by atoms with Gasteiger partial charge in [0.2, 0.25) is 15.9 Å². The van der Waals surface area contributed by atoms with Crippen LogP contribution >= 0.6 is 23.2 Å². The van der Waals surface area contributed by atoms with Crippen molar-refractivity contribution >= 4 is 39.1 Å². The summed E-state index contributed by atoms with van der Waals surface area (Å²) in [4.78, 5) is 16.5. The zero-order valence-corrected chi connectivity index (χ0v) is 24.8. The quantitative estimate of drug-likeness (QED) is 0.265. The zero-order chi connectivity index (χ0) is 27.7. The average Bonchev–Trinajstić information content (AvgIpc) is 3.75. The Kier molecular flexibility index (Phi) is 8.98. The first-order valence-electron chi connectivity index (χ1n) is 13.4. The van der Waals surface area contributed by atoms with Crippen molar-refractivity contribution in [2.45, 2.75) is 75.6 Å². The van der Waals surface area contributed by atoms with Crippen LogP contribution in [0, 0.1) is 5.41 Å². The van der Waals surface area contributed by atoms with E-state index in [2.05, 4.69) is 12.6 Å². The normalized spacial score (nSPS) is 25.0. The predicted octanol–water partition coefficient (Wildman–Crippen LogP) is 7.23. The Bertz CT molecular complexity index is 1260. The van der Waals surface area contributed by atoms with E-state index < -0.39 is 15.4 Å². The number of benzene rings is 2. The highest BCUT2D eigenvalue weighted by Gasteiger charge is 2.51. The van der Waals surface area contributed by atoms with Gasteiger partial charge in [-0.3, -0.25) is 4.79 Å². The summed E-state index contributed by atoms with van der Waals surface area (Å²) >= 11 is 12.7. The number of halogens is 2. The summed E-state index contributed by atoms with van der Waals surface area (Å²) in [5.41, 5.74) is 1.41. The maximum absolute atomic E-state index is 14.5. The molecule has 5 nitrogen and oxygen atoms in total. The molecule has 38 heavy (non-hydrogen) atoms. The fraction of sp³-hybridized carbons (Fsp3) is 0.500. The van der Waals surface area contributed by atoms with Crippen molar-refractivity contribution in [1.82, 2.24) is 9.21 Å². The van der Waals surface area contributed by atoms with Crippen molar-refractivity contribution in [2.75, 3.05) is 13.6 Å². The Balaban J connectivity index is 1.84. The molecule has 1 aliphatic heterocycles. The number of carbonyl (C=O) groups excluding carboxylic acids is 1. The van der Waals surface area contributed by atoms with Gasteiger partial charge in [0.25, 0.3) is 0 Å². The fourth-order valence-corrected chi connectivity index (χ4v) is 7.81. The molecule has 4 atom stereocenters. The molecule has 8 heteroatoms. The van der Waals surface area contributed by atoms with Crippen LogP contribution < -0.4 is 0 Å². The van der Waals surface area contributed by atoms with E-state index in [1.165, 1.54) is 4.31 Å². The van der Waals surface area contributed by atoms with Gasteiger partial charge in [-0.15, -0.1) is 6.58 Å². The number of piperidine rings is 1. The SMILES string of the molecule is C=CCCC1(C)C[C@H](c2cccc(Cl)c2)[C@@H](c2ccc(Cl)cc2)N([C@@H](CC)CN(C)S(=O)(=O)C2CC2)C1=O. The summed E-state index contributed by atoms with van der Waals surface area (Å²) in [6, 6.07) is 14.9. The standard InChI is InChI=1S/C30H38Cl2N2O3S/c1-5-7-17-30(3)19-27(22-9-8-10-24(32)18-22)28(21-11-13-23(31)14-12-21)34(29(30)35)25(6-2)20-33(4)38(36,37)26-15-16-26/h5,8-14,18,25-28H,1,6-7,15-17,19-20H2,2-4H3/t25-,27+,28+,30?/m0/s1. The smallest absolute Gasteiger partial charge is 0.229 e. The van der Waals surface area contributed by atoms with E-state index in [9.17, 15) is 13.2 Å². The topological polar surface area (TPSA) is 57.7 Å². The van der Waals surface area contributed by atoms with Gasteiger partial charge >= 0.3 is 0 Å². The minimum atomic E-state index is -3.38. The largest absolute Gasteiger partial charge is 0.330 e. The van der Waals surface area contributed by atoms with Crippen LogP contribution in [0.15, 0.2) is 61.2 Å². The van der Waals surface area contributed by atoms with Crippen LogP contribution in [0.1, 0.15) is 75.5 Å². The Morgan fingerprint density at radius 3 is 2.39 bits per heavy atom. The molecule has 0 radical (unpaired) electrons. The van der Waals surface area contributed by atoms with Gasteiger partial charge < -0.3 is 4.90 Å². The molecule has 1 saturated carbocycles. The maximum Gasteiger partial charge on any atom is 0.229 e. The van der Waals surface area contributed by atoms with E-state index in [0.29, 0.717) is 42.1 Å². The molecule has 0 spiro atoms. The molecular formula is C30H38Cl2N2O3S. The molecule has 0 N–H and O–H groups in total. The van der Waals surface area contributed by atoms with Crippen molar-refractivity contribution < 1.29 is 13.2 Å². The third-order valence-corrected chi connectivity index (χ3v) is 11.0. The summed E-state index contributed by atoms with van der Waals surface area (Å²) in [6.07, 6.45) is 5.93. The van der Waals surface area contributed by atoms with Crippen LogP contribution in [0.5, 0.6) is 0 Å². The molecule has 2 aliphatic rings. The van der Waals surface area contributed by atoms with Crippen LogP contribution in [0.3, 0.4) is 0 Å². The monoisotopic (exact) mass is 576 g/mol. The number of likely N-dealkylation sites (N-methyl/N-ethyl adjacent to an activating group) is 1. The Labute approximate surface area is 237 Å². The second kappa shape index (κ2) is 11.7. The molecule has 206 valence electrons. The van der Waals surface area contributed by atoms with Gasteiger partial charge in [-0.25, -0.2) is 12.7 Å². The number of allylic oxidation sites excluding steroid dienone is 1. The maximum atomic E-state index is 14.5. The Hall–Kier alpha value is -1.86. The lowest BCUT2D eigenvalue weighted by molar-refractivity contribution is -0.155. The van der Waals surface area contributed by atoms with E-state index in [0.717, 1.165) is 17.5 Å². The lowest BCUT2D eigenvalue weighted by Crippen LogP contribution is -2.58. The highest BCUT2D eigenvalue weighted by atomic mass is 35.5. The van der Waals surface area contributed by atoms with E-state index in [1.807, 2.05) is 67.3 Å². The van der Waals surface area contributed by atoms with E-state index in [1.54, 1.807) is 7.05 Å². The highest BCUT2D eigenvalue weighted by Crippen LogP contribution is 2.52. The minimum absolute atomic E-state index is 0.0400. The van der Waals surface area contributed by atoms with E-state index >= 15 is 0 Å². The molecule has 1 unspecified atom stereocenters. The van der Waals surface area contributed by atoms with Crippen molar-refractivity contribution in [2.24, 2.45) is 5.41 Å². The highest BCUT2D eigenvalue weighted by molar-refractivity contribution is 7.90. The van der Waals surface area contributed by atoms with E-state index in [4.69, 9.17) is 23.2 Å². The molecule has 1 aliphatic carbocycles. The molecule has 0 bridgehead atoms. The molecule has 1 heterocycles. The molecule has 1 saturated heterocycles. The Morgan fingerprint density at radius 1 is 1.13 bits per heavy atom. The van der Waals surface area contributed by atoms with Crippen LogP contribution in [-0.2, 0) is 14.8 Å². The number of nitrogens with zero attached hydrogens (tertiary/aromatic N) is 2. The lowest BCUT2D eigenvalue weighted by Gasteiger charge is -2.52. The van der Waals surface area contributed by atoms with Gasteiger partial charge in [-0.2, -0.15) is 0 Å². The zero-order valence-electron chi connectivity index (χ0n) is 22.4. The molecule has 2 aromatic carbocycles. The summed E-state index contributed by atoms with van der Waals surface area (Å²) in [5, 5.41) is 0.974. The second-order valence-corrected chi connectivity index (χ2v) is 14.2. The molecule has 4 rings (SSSR count). The molecule has 1 amide bonds. The third-order valence-electron chi connectivity index (χ3n) is 8.20. The fourth-order valence-electron chi connectivity index (χ4n) is 5.86. The Morgan fingerprint density at radius 2 is 1.82 bits per heavy atom. The number of hydrogen-bond acceptors (Lipinski definition) is 3. The van der Waals surface area contributed by atoms with Crippen LogP contribution in [-0.4, -0.2) is 48.4 Å². The second-order valence-electron chi connectivity index (χ2n) is 11.0. The average molecular weight is 578 g/mol. The van der Waals surface area contributed by atoms with Crippen molar-refractivity contribution in [3.63, 3.8) is 0 Å². The number of hydrogen-bond donors (Lipinski definition) is 0. The first kappa shape index (κ1) is 29.1. The third kappa shape index (κ3) is 5.99. The first-order valence-corrected chi connectivity index (χ1v) is 15.7. The number of sulfonamides is 1. The molecule has 2 fully saturated rings. The van der Waals surface area contributed by atoms with Crippen molar-refractivity contribution in [3.05, 3.63) is 82.4 Å². The number of rotatable bonds is 11. The van der Waals surface area contributed by atoms with Gasteiger partial charge in [0.05, 0.1) is 11.3 Å². The summed E-state index contributed by atoms with van der Waals surface area (Å²) in [5.74, 6) is 0.0171. The molecule has 2 aromatic rings. The molecule has 0 aromatic heterocycles. The molecular weight excluding hydrogens is 539 g/mol. The van der Waals surface area contributed by atoms with Crippen molar-refractivity contribution in [3.8, 4) is 0 Å². The van der Waals surface area contributed by atoms with Gasteiger partial charge in [-0.05, 0) is 73.9 Å². The van der Waals surface area contributed by atoms with Crippen molar-refractivity contribution in [1.29, 1.82) is 0 Å². The van der Waals surface area contributed by atoms with Gasteiger partial charge in [0, 0.05) is 41.0 Å². The summed E-state index contributed by atoms with van der Waals surface area (Å²) in [6.45, 7) is 8.21. The summed E-state index contributed by atoms with van der Waals surface area (Å²) < 4.78 is 27.6. The van der Waals surface area contributed by atoms with Crippen LogP contribution in [0.2, 0.25) is 10.0 Å². The number of likely N-dealkylation sites (tertiary alicyclic amines) is 1. The first-order chi connectivity index (χ1) is 18.0. The lowest BCUT2D eigenvalue weighted by atomic mass is 9.66. The van der Waals surface area contributed by atoms with Crippen LogP contribution in [0.4, 0.5) is 0 Å². The minimum Gasteiger partial charge on any atom is -0.330 e.